The molecule has 0 radical (unpaired) electrons. The Kier molecular flexibility index (Phi) is 4.01. The topological polar surface area (TPSA) is 66.4 Å². The standard InChI is InChI=1S/C15H17FN4O2S2/c16-12-3-5-13(6-4-12)24(21,22)20-9-7-19(8-10-20)15-17-14(18-23-15)11-1-2-11/h3-6,11H,1-2,7-10H2. The molecule has 0 spiro atoms. The number of piperazine rings is 1. The summed E-state index contributed by atoms with van der Waals surface area (Å²) in [6.45, 7) is 1.94. The SMILES string of the molecule is O=S(=O)(c1ccc(F)cc1)N1CCN(c2nc(C3CC3)ns2)CC1. The van der Waals surface area contributed by atoms with Crippen molar-refractivity contribution in [3.63, 3.8) is 0 Å². The van der Waals surface area contributed by atoms with Gasteiger partial charge in [-0.2, -0.15) is 8.68 Å². The van der Waals surface area contributed by atoms with Crippen molar-refractivity contribution in [2.24, 2.45) is 0 Å². The quantitative estimate of drug-likeness (QED) is 0.826. The van der Waals surface area contributed by atoms with E-state index in [-0.39, 0.29) is 4.90 Å². The summed E-state index contributed by atoms with van der Waals surface area (Å²) in [6, 6.07) is 4.96. The van der Waals surface area contributed by atoms with Crippen LogP contribution in [0, 0.1) is 5.82 Å². The van der Waals surface area contributed by atoms with Crippen molar-refractivity contribution in [3.8, 4) is 0 Å². The summed E-state index contributed by atoms with van der Waals surface area (Å²) in [6.07, 6.45) is 2.33. The van der Waals surface area contributed by atoms with Crippen LogP contribution in [0.1, 0.15) is 24.6 Å². The first-order valence-electron chi connectivity index (χ1n) is 7.88. The van der Waals surface area contributed by atoms with Gasteiger partial charge in [0, 0.05) is 43.6 Å². The highest BCUT2D eigenvalue weighted by Crippen LogP contribution is 2.39. The molecule has 1 aliphatic heterocycles. The van der Waals surface area contributed by atoms with Crippen LogP contribution >= 0.6 is 11.5 Å². The molecular weight excluding hydrogens is 351 g/mol. The van der Waals surface area contributed by atoms with E-state index in [1.807, 2.05) is 0 Å². The van der Waals surface area contributed by atoms with Crippen molar-refractivity contribution in [2.45, 2.75) is 23.7 Å². The minimum Gasteiger partial charge on any atom is -0.344 e. The lowest BCUT2D eigenvalue weighted by Crippen LogP contribution is -2.48. The monoisotopic (exact) mass is 368 g/mol. The average molecular weight is 368 g/mol. The first-order chi connectivity index (χ1) is 11.5. The van der Waals surface area contributed by atoms with Crippen molar-refractivity contribution in [2.75, 3.05) is 31.1 Å². The molecular formula is C15H17FN4O2S2. The second kappa shape index (κ2) is 6.05. The molecule has 2 aromatic rings. The zero-order valence-corrected chi connectivity index (χ0v) is 14.6. The molecule has 128 valence electrons. The molecule has 1 aromatic heterocycles. The lowest BCUT2D eigenvalue weighted by Gasteiger charge is -2.33. The zero-order valence-electron chi connectivity index (χ0n) is 12.9. The highest BCUT2D eigenvalue weighted by atomic mass is 32.2. The van der Waals surface area contributed by atoms with Crippen LogP contribution in [0.25, 0.3) is 0 Å². The van der Waals surface area contributed by atoms with Crippen LogP contribution in [-0.2, 0) is 10.0 Å². The maximum atomic E-state index is 13.0. The molecule has 0 N–H and O–H groups in total. The summed E-state index contributed by atoms with van der Waals surface area (Å²) < 4.78 is 44.0. The molecule has 4 rings (SSSR count). The molecule has 0 unspecified atom stereocenters. The van der Waals surface area contributed by atoms with E-state index in [1.54, 1.807) is 0 Å². The molecule has 9 heteroatoms. The predicted octanol–water partition coefficient (Wildman–Crippen LogP) is 2.07. The van der Waals surface area contributed by atoms with Gasteiger partial charge in [-0.15, -0.1) is 0 Å². The van der Waals surface area contributed by atoms with E-state index < -0.39 is 15.8 Å². The summed E-state index contributed by atoms with van der Waals surface area (Å²) in [5.74, 6) is 1.01. The van der Waals surface area contributed by atoms with Gasteiger partial charge < -0.3 is 4.90 Å². The van der Waals surface area contributed by atoms with Gasteiger partial charge in [-0.1, -0.05) is 0 Å². The Morgan fingerprint density at radius 2 is 1.75 bits per heavy atom. The van der Waals surface area contributed by atoms with Crippen molar-refractivity contribution >= 4 is 26.7 Å². The van der Waals surface area contributed by atoms with Gasteiger partial charge in [0.1, 0.15) is 11.6 Å². The van der Waals surface area contributed by atoms with Gasteiger partial charge in [-0.05, 0) is 37.1 Å². The second-order valence-corrected chi connectivity index (χ2v) is 8.72. The van der Waals surface area contributed by atoms with Gasteiger partial charge in [0.2, 0.25) is 15.2 Å². The molecule has 1 aromatic carbocycles. The number of hydrogen-bond donors (Lipinski definition) is 0. The van der Waals surface area contributed by atoms with Crippen LogP contribution in [0.2, 0.25) is 0 Å². The normalized spacial score (nSPS) is 19.6. The number of hydrogen-bond acceptors (Lipinski definition) is 6. The maximum absolute atomic E-state index is 13.0. The first kappa shape index (κ1) is 15.9. The fourth-order valence-electron chi connectivity index (χ4n) is 2.74. The molecule has 2 heterocycles. The summed E-state index contributed by atoms with van der Waals surface area (Å²) in [4.78, 5) is 6.79. The average Bonchev–Trinajstić information content (AvgIpc) is 3.32. The Morgan fingerprint density at radius 3 is 2.38 bits per heavy atom. The number of benzene rings is 1. The zero-order chi connectivity index (χ0) is 16.7. The van der Waals surface area contributed by atoms with Crippen LogP contribution in [0.3, 0.4) is 0 Å². The van der Waals surface area contributed by atoms with Crippen molar-refractivity contribution in [3.05, 3.63) is 35.9 Å². The molecule has 0 amide bonds. The van der Waals surface area contributed by atoms with Gasteiger partial charge in [0.25, 0.3) is 0 Å². The highest BCUT2D eigenvalue weighted by molar-refractivity contribution is 7.89. The lowest BCUT2D eigenvalue weighted by atomic mass is 10.4. The van der Waals surface area contributed by atoms with Gasteiger partial charge in [-0.3, -0.25) is 0 Å². The molecule has 1 saturated carbocycles. The Morgan fingerprint density at radius 1 is 1.08 bits per heavy atom. The third kappa shape index (κ3) is 3.03. The Hall–Kier alpha value is -1.58. The first-order valence-corrected chi connectivity index (χ1v) is 10.1. The Balaban J connectivity index is 1.44. The van der Waals surface area contributed by atoms with Crippen LogP contribution in [0.4, 0.5) is 9.52 Å². The van der Waals surface area contributed by atoms with E-state index in [0.29, 0.717) is 32.1 Å². The Labute approximate surface area is 144 Å². The summed E-state index contributed by atoms with van der Waals surface area (Å²) in [5.41, 5.74) is 0. The highest BCUT2D eigenvalue weighted by Gasteiger charge is 2.31. The van der Waals surface area contributed by atoms with E-state index in [1.165, 1.54) is 52.9 Å². The van der Waals surface area contributed by atoms with E-state index in [9.17, 15) is 12.8 Å². The summed E-state index contributed by atoms with van der Waals surface area (Å²) in [7, 11) is -3.58. The molecule has 0 bridgehead atoms. The van der Waals surface area contributed by atoms with Gasteiger partial charge in [0.15, 0.2) is 0 Å². The van der Waals surface area contributed by atoms with E-state index in [4.69, 9.17) is 0 Å². The largest absolute Gasteiger partial charge is 0.344 e. The fraction of sp³-hybridized carbons (Fsp3) is 0.467. The fourth-order valence-corrected chi connectivity index (χ4v) is 4.96. The second-order valence-electron chi connectivity index (χ2n) is 6.05. The summed E-state index contributed by atoms with van der Waals surface area (Å²) >= 11 is 1.39. The minimum absolute atomic E-state index is 0.129. The lowest BCUT2D eigenvalue weighted by molar-refractivity contribution is 0.384. The molecule has 2 fully saturated rings. The smallest absolute Gasteiger partial charge is 0.243 e. The number of sulfonamides is 1. The third-order valence-corrected chi connectivity index (χ3v) is 7.04. The van der Waals surface area contributed by atoms with Crippen LogP contribution in [0.15, 0.2) is 29.2 Å². The molecule has 2 aliphatic rings. The number of anilines is 1. The maximum Gasteiger partial charge on any atom is 0.243 e. The van der Waals surface area contributed by atoms with Crippen LogP contribution < -0.4 is 4.90 Å². The number of aromatic nitrogens is 2. The van der Waals surface area contributed by atoms with Crippen molar-refractivity contribution in [1.29, 1.82) is 0 Å². The van der Waals surface area contributed by atoms with Gasteiger partial charge in [-0.25, -0.2) is 17.8 Å². The molecule has 24 heavy (non-hydrogen) atoms. The molecule has 1 saturated heterocycles. The summed E-state index contributed by atoms with van der Waals surface area (Å²) in [5, 5.41) is 0.871. The van der Waals surface area contributed by atoms with Gasteiger partial charge >= 0.3 is 0 Å². The Bertz CT molecular complexity index is 825. The van der Waals surface area contributed by atoms with Gasteiger partial charge in [0.05, 0.1) is 4.90 Å². The van der Waals surface area contributed by atoms with Crippen molar-refractivity contribution in [1.82, 2.24) is 13.7 Å². The number of rotatable bonds is 4. The number of nitrogens with zero attached hydrogens (tertiary/aromatic N) is 4. The minimum atomic E-state index is -3.58. The molecule has 6 nitrogen and oxygen atoms in total. The van der Waals surface area contributed by atoms with Crippen molar-refractivity contribution < 1.29 is 12.8 Å². The number of halogens is 1. The molecule has 1 aliphatic carbocycles. The third-order valence-electron chi connectivity index (χ3n) is 4.33. The predicted molar refractivity (Wildman–Crippen MR) is 89.3 cm³/mol. The van der Waals surface area contributed by atoms with E-state index >= 15 is 0 Å². The van der Waals surface area contributed by atoms with Crippen LogP contribution in [0.5, 0.6) is 0 Å². The van der Waals surface area contributed by atoms with E-state index in [2.05, 4.69) is 14.3 Å². The van der Waals surface area contributed by atoms with E-state index in [0.717, 1.165) is 11.0 Å². The molecule has 0 atom stereocenters. The van der Waals surface area contributed by atoms with Crippen LogP contribution in [-0.4, -0.2) is 48.3 Å².